The molecule has 1 N–H and O–H groups in total. The Bertz CT molecular complexity index is 383. The zero-order valence-corrected chi connectivity index (χ0v) is 12.7. The van der Waals surface area contributed by atoms with Gasteiger partial charge in [-0.3, -0.25) is 0 Å². The summed E-state index contributed by atoms with van der Waals surface area (Å²) in [5, 5.41) is 5.34. The first-order chi connectivity index (χ1) is 8.65. The highest BCUT2D eigenvalue weighted by Crippen LogP contribution is 2.25. The average molecular weight is 284 g/mol. The summed E-state index contributed by atoms with van der Waals surface area (Å²) in [6.45, 7) is 4.61. The highest BCUT2D eigenvalue weighted by Gasteiger charge is 2.22. The summed E-state index contributed by atoms with van der Waals surface area (Å²) in [6.07, 6.45) is 3.71. The molecule has 1 heterocycles. The molecule has 0 spiro atoms. The minimum absolute atomic E-state index is 0.509. The van der Waals surface area contributed by atoms with Gasteiger partial charge in [0.1, 0.15) is 0 Å². The van der Waals surface area contributed by atoms with E-state index in [4.69, 9.17) is 11.6 Å². The standard InChI is InChI=1S/C15H22ClNS/c1-11(9-13-5-3-6-14(16)10-13)17-15-7-4-8-18-12(15)2/h3,5-6,10-12,15,17H,4,7-9H2,1-2H3. The molecule has 0 aromatic heterocycles. The summed E-state index contributed by atoms with van der Waals surface area (Å²) in [5.74, 6) is 1.32. The van der Waals surface area contributed by atoms with Crippen LogP contribution >= 0.6 is 23.4 Å². The van der Waals surface area contributed by atoms with E-state index in [0.717, 1.165) is 16.7 Å². The van der Waals surface area contributed by atoms with Crippen LogP contribution in [-0.4, -0.2) is 23.1 Å². The number of hydrogen-bond donors (Lipinski definition) is 1. The van der Waals surface area contributed by atoms with Gasteiger partial charge in [-0.1, -0.05) is 30.7 Å². The molecule has 0 saturated carbocycles. The Morgan fingerprint density at radius 1 is 1.50 bits per heavy atom. The molecule has 3 atom stereocenters. The van der Waals surface area contributed by atoms with E-state index in [1.165, 1.54) is 24.2 Å². The second-order valence-electron chi connectivity index (χ2n) is 5.23. The monoisotopic (exact) mass is 283 g/mol. The fourth-order valence-corrected chi connectivity index (χ4v) is 3.95. The maximum absolute atomic E-state index is 6.02. The second kappa shape index (κ2) is 6.83. The van der Waals surface area contributed by atoms with Crippen molar-refractivity contribution in [2.24, 2.45) is 0 Å². The lowest BCUT2D eigenvalue weighted by atomic mass is 10.0. The van der Waals surface area contributed by atoms with Crippen molar-refractivity contribution in [1.29, 1.82) is 0 Å². The van der Waals surface area contributed by atoms with Gasteiger partial charge in [0.2, 0.25) is 0 Å². The lowest BCUT2D eigenvalue weighted by Gasteiger charge is -2.32. The van der Waals surface area contributed by atoms with Gasteiger partial charge >= 0.3 is 0 Å². The maximum atomic E-state index is 6.02. The topological polar surface area (TPSA) is 12.0 Å². The molecular formula is C15H22ClNS. The highest BCUT2D eigenvalue weighted by atomic mass is 35.5. The predicted octanol–water partition coefficient (Wildman–Crippen LogP) is 4.14. The molecule has 1 fully saturated rings. The Balaban J connectivity index is 1.86. The Morgan fingerprint density at radius 3 is 3.06 bits per heavy atom. The quantitative estimate of drug-likeness (QED) is 0.891. The predicted molar refractivity (Wildman–Crippen MR) is 82.7 cm³/mol. The summed E-state index contributed by atoms with van der Waals surface area (Å²) in [5.41, 5.74) is 1.32. The van der Waals surface area contributed by atoms with Crippen LogP contribution < -0.4 is 5.32 Å². The van der Waals surface area contributed by atoms with E-state index >= 15 is 0 Å². The van der Waals surface area contributed by atoms with Gasteiger partial charge in [0, 0.05) is 22.4 Å². The summed E-state index contributed by atoms with van der Waals surface area (Å²) in [7, 11) is 0. The fourth-order valence-electron chi connectivity index (χ4n) is 2.58. The molecule has 1 saturated heterocycles. The van der Waals surface area contributed by atoms with Crippen LogP contribution in [0.25, 0.3) is 0 Å². The van der Waals surface area contributed by atoms with Crippen molar-refractivity contribution in [2.75, 3.05) is 5.75 Å². The van der Waals surface area contributed by atoms with Gasteiger partial charge in [-0.15, -0.1) is 0 Å². The zero-order chi connectivity index (χ0) is 13.0. The summed E-state index contributed by atoms with van der Waals surface area (Å²) >= 11 is 8.11. The number of rotatable bonds is 4. The maximum Gasteiger partial charge on any atom is 0.0408 e. The van der Waals surface area contributed by atoms with Crippen molar-refractivity contribution in [1.82, 2.24) is 5.32 Å². The molecule has 0 radical (unpaired) electrons. The van der Waals surface area contributed by atoms with Gasteiger partial charge in [0.15, 0.2) is 0 Å². The Kier molecular flexibility index (Phi) is 5.40. The van der Waals surface area contributed by atoms with Crippen LogP contribution in [0.5, 0.6) is 0 Å². The van der Waals surface area contributed by atoms with E-state index in [1.54, 1.807) is 0 Å². The van der Waals surface area contributed by atoms with E-state index in [1.807, 2.05) is 12.1 Å². The first-order valence-electron chi connectivity index (χ1n) is 6.77. The molecule has 100 valence electrons. The van der Waals surface area contributed by atoms with Crippen LogP contribution in [0, 0.1) is 0 Å². The minimum Gasteiger partial charge on any atom is -0.310 e. The molecule has 18 heavy (non-hydrogen) atoms. The molecule has 3 unspecified atom stereocenters. The molecule has 1 nitrogen and oxygen atoms in total. The first kappa shape index (κ1) is 14.2. The van der Waals surface area contributed by atoms with Gasteiger partial charge in [-0.25, -0.2) is 0 Å². The van der Waals surface area contributed by atoms with Crippen LogP contribution in [-0.2, 0) is 6.42 Å². The summed E-state index contributed by atoms with van der Waals surface area (Å²) in [6, 6.07) is 9.36. The number of benzene rings is 1. The van der Waals surface area contributed by atoms with E-state index in [9.17, 15) is 0 Å². The lowest BCUT2D eigenvalue weighted by Crippen LogP contribution is -2.44. The molecule has 0 aliphatic carbocycles. The smallest absolute Gasteiger partial charge is 0.0408 e. The molecule has 2 rings (SSSR count). The summed E-state index contributed by atoms with van der Waals surface area (Å²) in [4.78, 5) is 0. The molecule has 0 bridgehead atoms. The number of thioether (sulfide) groups is 1. The number of nitrogens with one attached hydrogen (secondary N) is 1. The molecule has 1 aromatic rings. The first-order valence-corrected chi connectivity index (χ1v) is 8.20. The largest absolute Gasteiger partial charge is 0.310 e. The van der Waals surface area contributed by atoms with E-state index < -0.39 is 0 Å². The SMILES string of the molecule is CC(Cc1cccc(Cl)c1)NC1CCCSC1C. The normalized spacial score (nSPS) is 25.9. The minimum atomic E-state index is 0.509. The van der Waals surface area contributed by atoms with Crippen molar-refractivity contribution < 1.29 is 0 Å². The van der Waals surface area contributed by atoms with Gasteiger partial charge < -0.3 is 5.32 Å². The van der Waals surface area contributed by atoms with Crippen molar-refractivity contribution in [3.05, 3.63) is 34.9 Å². The van der Waals surface area contributed by atoms with Crippen LogP contribution in [0.3, 0.4) is 0 Å². The molecule has 3 heteroatoms. The van der Waals surface area contributed by atoms with E-state index in [2.05, 4.69) is 43.1 Å². The van der Waals surface area contributed by atoms with Crippen LogP contribution in [0.15, 0.2) is 24.3 Å². The van der Waals surface area contributed by atoms with Crippen molar-refractivity contribution >= 4 is 23.4 Å². The van der Waals surface area contributed by atoms with E-state index in [-0.39, 0.29) is 0 Å². The van der Waals surface area contributed by atoms with Crippen molar-refractivity contribution in [2.45, 2.75) is 50.4 Å². The van der Waals surface area contributed by atoms with Gasteiger partial charge in [0.25, 0.3) is 0 Å². The molecule has 1 aromatic carbocycles. The van der Waals surface area contributed by atoms with Crippen molar-refractivity contribution in [3.63, 3.8) is 0 Å². The number of hydrogen-bond acceptors (Lipinski definition) is 2. The van der Waals surface area contributed by atoms with Crippen LogP contribution in [0.1, 0.15) is 32.3 Å². The third kappa shape index (κ3) is 4.18. The van der Waals surface area contributed by atoms with Crippen molar-refractivity contribution in [3.8, 4) is 0 Å². The molecule has 1 aliphatic heterocycles. The van der Waals surface area contributed by atoms with Crippen LogP contribution in [0.4, 0.5) is 0 Å². The average Bonchev–Trinajstić information content (AvgIpc) is 2.32. The van der Waals surface area contributed by atoms with Gasteiger partial charge in [0.05, 0.1) is 0 Å². The summed E-state index contributed by atoms with van der Waals surface area (Å²) < 4.78 is 0. The Labute approximate surface area is 120 Å². The fraction of sp³-hybridized carbons (Fsp3) is 0.600. The Morgan fingerprint density at radius 2 is 2.33 bits per heavy atom. The highest BCUT2D eigenvalue weighted by molar-refractivity contribution is 7.99. The lowest BCUT2D eigenvalue weighted by molar-refractivity contribution is 0.408. The van der Waals surface area contributed by atoms with Gasteiger partial charge in [-0.2, -0.15) is 11.8 Å². The molecular weight excluding hydrogens is 262 g/mol. The molecule has 0 amide bonds. The Hall–Kier alpha value is -0.180. The molecule has 1 aliphatic rings. The zero-order valence-electron chi connectivity index (χ0n) is 11.2. The second-order valence-corrected chi connectivity index (χ2v) is 7.15. The third-order valence-electron chi connectivity index (χ3n) is 3.54. The van der Waals surface area contributed by atoms with Crippen LogP contribution in [0.2, 0.25) is 5.02 Å². The third-order valence-corrected chi connectivity index (χ3v) is 5.15. The van der Waals surface area contributed by atoms with Gasteiger partial charge in [-0.05, 0) is 49.6 Å². The van der Waals surface area contributed by atoms with E-state index in [0.29, 0.717) is 12.1 Å². The number of halogens is 1.